The molecular weight excluding hydrogens is 360 g/mol. The van der Waals surface area contributed by atoms with Crippen LogP contribution in [0.3, 0.4) is 0 Å². The van der Waals surface area contributed by atoms with Gasteiger partial charge in [0.1, 0.15) is 0 Å². The number of hydrazone groups is 1. The largest absolute Gasteiger partial charge is 0.303 e. The lowest BCUT2D eigenvalue weighted by Gasteiger charge is -2.26. The van der Waals surface area contributed by atoms with E-state index in [1.165, 1.54) is 6.42 Å². The highest BCUT2D eigenvalue weighted by Crippen LogP contribution is 2.24. The first-order valence-electron chi connectivity index (χ1n) is 10.3. The van der Waals surface area contributed by atoms with Crippen molar-refractivity contribution in [3.8, 4) is 11.3 Å². The number of pyridine rings is 1. The molecule has 0 atom stereocenters. The van der Waals surface area contributed by atoms with Gasteiger partial charge in [-0.05, 0) is 25.1 Å². The summed E-state index contributed by atoms with van der Waals surface area (Å²) in [6.45, 7) is 5.36. The molecule has 2 aromatic carbocycles. The van der Waals surface area contributed by atoms with E-state index >= 15 is 0 Å². The summed E-state index contributed by atoms with van der Waals surface area (Å²) in [5, 5.41) is 5.27. The van der Waals surface area contributed by atoms with Gasteiger partial charge in [0, 0.05) is 42.6 Å². The van der Waals surface area contributed by atoms with Gasteiger partial charge >= 0.3 is 0 Å². The zero-order valence-corrected chi connectivity index (χ0v) is 16.8. The molecule has 5 nitrogen and oxygen atoms in total. The highest BCUT2D eigenvalue weighted by atomic mass is 16.2. The number of hydrogen-bond acceptors (Lipinski definition) is 4. The minimum absolute atomic E-state index is 0.190. The van der Waals surface area contributed by atoms with E-state index in [-0.39, 0.29) is 5.91 Å². The summed E-state index contributed by atoms with van der Waals surface area (Å²) in [4.78, 5) is 20.2. The van der Waals surface area contributed by atoms with Crippen LogP contribution in [0.5, 0.6) is 0 Å². The molecule has 148 valence electrons. The van der Waals surface area contributed by atoms with Crippen LogP contribution in [-0.2, 0) is 0 Å². The van der Waals surface area contributed by atoms with Crippen molar-refractivity contribution < 1.29 is 4.79 Å². The molecule has 0 spiro atoms. The minimum Gasteiger partial charge on any atom is -0.303 e. The van der Waals surface area contributed by atoms with Gasteiger partial charge in [0.2, 0.25) is 0 Å². The number of nitrogens with zero attached hydrogens (tertiary/aromatic N) is 3. The number of piperidine rings is 1. The molecule has 1 saturated heterocycles. The predicted molar refractivity (Wildman–Crippen MR) is 118 cm³/mol. The first-order chi connectivity index (χ1) is 14.2. The van der Waals surface area contributed by atoms with Crippen molar-refractivity contribution in [2.45, 2.75) is 26.2 Å². The van der Waals surface area contributed by atoms with Gasteiger partial charge in [-0.1, -0.05) is 55.5 Å². The summed E-state index contributed by atoms with van der Waals surface area (Å²) in [6, 6.07) is 19.5. The zero-order chi connectivity index (χ0) is 20.1. The Balaban J connectivity index is 1.58. The summed E-state index contributed by atoms with van der Waals surface area (Å²) in [5.74, 6) is -0.190. The molecule has 1 amide bonds. The van der Waals surface area contributed by atoms with Gasteiger partial charge in [-0.3, -0.25) is 4.79 Å². The highest BCUT2D eigenvalue weighted by molar-refractivity contribution is 6.07. The van der Waals surface area contributed by atoms with Gasteiger partial charge < -0.3 is 4.90 Å². The molecular formula is C24H26N4O. The monoisotopic (exact) mass is 386 g/mol. The maximum absolute atomic E-state index is 13.0. The van der Waals surface area contributed by atoms with Crippen molar-refractivity contribution in [2.24, 2.45) is 5.10 Å². The SMILES string of the molecule is CCCN1CCC(=NNC(=O)c2cc(-c3ccccc3)nc3ccccc23)CC1. The first-order valence-corrected chi connectivity index (χ1v) is 10.3. The third-order valence-electron chi connectivity index (χ3n) is 5.32. The fourth-order valence-electron chi connectivity index (χ4n) is 3.77. The number of fused-ring (bicyclic) bond motifs is 1. The highest BCUT2D eigenvalue weighted by Gasteiger charge is 2.16. The Bertz CT molecular complexity index is 1020. The smallest absolute Gasteiger partial charge is 0.272 e. The standard InChI is InChI=1S/C24H26N4O/c1-2-14-28-15-12-19(13-16-28)26-27-24(29)21-17-23(18-8-4-3-5-9-18)25-22-11-7-6-10-20(21)22/h3-11,17H,2,12-16H2,1H3,(H,27,29). The van der Waals surface area contributed by atoms with E-state index in [4.69, 9.17) is 4.98 Å². The Labute approximate surface area is 171 Å². The summed E-state index contributed by atoms with van der Waals surface area (Å²) in [7, 11) is 0. The van der Waals surface area contributed by atoms with Crippen molar-refractivity contribution in [2.75, 3.05) is 19.6 Å². The van der Waals surface area contributed by atoms with Crippen LogP contribution in [0.1, 0.15) is 36.5 Å². The van der Waals surface area contributed by atoms with Crippen LogP contribution >= 0.6 is 0 Å². The van der Waals surface area contributed by atoms with E-state index in [0.29, 0.717) is 5.56 Å². The summed E-state index contributed by atoms with van der Waals surface area (Å²) in [6.07, 6.45) is 2.99. The molecule has 1 fully saturated rings. The summed E-state index contributed by atoms with van der Waals surface area (Å²) >= 11 is 0. The lowest BCUT2D eigenvalue weighted by molar-refractivity contribution is 0.0956. The molecule has 4 rings (SSSR count). The van der Waals surface area contributed by atoms with Gasteiger partial charge in [-0.2, -0.15) is 5.10 Å². The maximum Gasteiger partial charge on any atom is 0.272 e. The first kappa shape index (κ1) is 19.3. The van der Waals surface area contributed by atoms with Gasteiger partial charge in [0.25, 0.3) is 5.91 Å². The maximum atomic E-state index is 13.0. The number of rotatable bonds is 5. The number of carbonyl (C=O) groups is 1. The van der Waals surface area contributed by atoms with Gasteiger partial charge in [0.15, 0.2) is 0 Å². The fraction of sp³-hybridized carbons (Fsp3) is 0.292. The van der Waals surface area contributed by atoms with Crippen molar-refractivity contribution in [1.29, 1.82) is 0 Å². The van der Waals surface area contributed by atoms with E-state index in [1.54, 1.807) is 0 Å². The van der Waals surface area contributed by atoms with Crippen LogP contribution < -0.4 is 5.43 Å². The lowest BCUT2D eigenvalue weighted by Crippen LogP contribution is -2.35. The normalized spacial score (nSPS) is 14.7. The molecule has 1 aliphatic heterocycles. The van der Waals surface area contributed by atoms with E-state index in [1.807, 2.05) is 60.7 Å². The second kappa shape index (κ2) is 8.97. The number of carbonyl (C=O) groups excluding carboxylic acids is 1. The minimum atomic E-state index is -0.190. The Morgan fingerprint density at radius 3 is 2.55 bits per heavy atom. The van der Waals surface area contributed by atoms with E-state index in [2.05, 4.69) is 22.4 Å². The third kappa shape index (κ3) is 4.51. The van der Waals surface area contributed by atoms with Crippen molar-refractivity contribution >= 4 is 22.5 Å². The molecule has 29 heavy (non-hydrogen) atoms. The average molecular weight is 386 g/mol. The number of likely N-dealkylation sites (tertiary alicyclic amines) is 1. The van der Waals surface area contributed by atoms with Gasteiger partial charge in [0.05, 0.1) is 16.8 Å². The molecule has 1 aliphatic rings. The van der Waals surface area contributed by atoms with Crippen LogP contribution in [0.2, 0.25) is 0 Å². The fourth-order valence-corrected chi connectivity index (χ4v) is 3.77. The van der Waals surface area contributed by atoms with E-state index in [9.17, 15) is 4.79 Å². The van der Waals surface area contributed by atoms with Crippen LogP contribution in [0.15, 0.2) is 65.8 Å². The Hall–Kier alpha value is -3.05. The second-order valence-electron chi connectivity index (χ2n) is 7.40. The lowest BCUT2D eigenvalue weighted by atomic mass is 10.0. The van der Waals surface area contributed by atoms with Gasteiger partial charge in [-0.25, -0.2) is 10.4 Å². The van der Waals surface area contributed by atoms with Crippen molar-refractivity contribution in [3.05, 3.63) is 66.2 Å². The number of nitrogens with one attached hydrogen (secondary N) is 1. The topological polar surface area (TPSA) is 57.6 Å². The summed E-state index contributed by atoms with van der Waals surface area (Å²) < 4.78 is 0. The molecule has 3 aromatic rings. The van der Waals surface area contributed by atoms with Crippen molar-refractivity contribution in [1.82, 2.24) is 15.3 Å². The number of hydrogen-bond donors (Lipinski definition) is 1. The Kier molecular flexibility index (Phi) is 5.96. The average Bonchev–Trinajstić information content (AvgIpc) is 2.78. The number of amides is 1. The molecule has 0 aliphatic carbocycles. The van der Waals surface area contributed by atoms with Crippen LogP contribution in [0.4, 0.5) is 0 Å². The second-order valence-corrected chi connectivity index (χ2v) is 7.40. The Morgan fingerprint density at radius 2 is 1.79 bits per heavy atom. The van der Waals surface area contributed by atoms with Crippen LogP contribution in [0, 0.1) is 0 Å². The number of para-hydroxylation sites is 1. The summed E-state index contributed by atoms with van der Waals surface area (Å²) in [5.41, 5.74) is 7.03. The van der Waals surface area contributed by atoms with Crippen molar-refractivity contribution in [3.63, 3.8) is 0 Å². The van der Waals surface area contributed by atoms with E-state index < -0.39 is 0 Å². The molecule has 2 heterocycles. The molecule has 1 aromatic heterocycles. The quantitative estimate of drug-likeness (QED) is 0.657. The molecule has 1 N–H and O–H groups in total. The third-order valence-corrected chi connectivity index (χ3v) is 5.32. The molecule has 0 saturated carbocycles. The van der Waals surface area contributed by atoms with E-state index in [0.717, 1.165) is 60.3 Å². The zero-order valence-electron chi connectivity index (χ0n) is 16.8. The molecule has 0 radical (unpaired) electrons. The van der Waals surface area contributed by atoms with Crippen LogP contribution in [0.25, 0.3) is 22.2 Å². The number of aromatic nitrogens is 1. The van der Waals surface area contributed by atoms with Crippen LogP contribution in [-0.4, -0.2) is 41.1 Å². The Morgan fingerprint density at radius 1 is 1.07 bits per heavy atom. The molecule has 0 bridgehead atoms. The molecule has 0 unspecified atom stereocenters. The molecule has 5 heteroatoms. The predicted octanol–water partition coefficient (Wildman–Crippen LogP) is 4.49. The number of benzene rings is 2. The van der Waals surface area contributed by atoms with Gasteiger partial charge in [-0.15, -0.1) is 0 Å².